The van der Waals surface area contributed by atoms with Crippen molar-refractivity contribution in [2.45, 2.75) is 6.54 Å². The van der Waals surface area contributed by atoms with E-state index < -0.39 is 5.97 Å². The van der Waals surface area contributed by atoms with Crippen LogP contribution in [0.4, 0.5) is 5.69 Å². The van der Waals surface area contributed by atoms with E-state index in [1.165, 1.54) is 23.9 Å². The number of carbonyl (C=O) groups excluding carboxylic acids is 1. The number of carbonyl (C=O) groups is 2. The number of ether oxygens (including phenoxy) is 2. The Kier molecular flexibility index (Phi) is 6.12. The molecule has 2 aliphatic rings. The molecule has 0 unspecified atom stereocenters. The fraction of sp³-hybridized carbons (Fsp3) is 0.0800. The van der Waals surface area contributed by atoms with Gasteiger partial charge in [-0.15, -0.1) is 0 Å². The minimum Gasteiger partial charge on any atom is -0.478 e. The summed E-state index contributed by atoms with van der Waals surface area (Å²) in [6, 6.07) is 19.5. The maximum atomic E-state index is 13.4. The number of aromatic carboxylic acids is 1. The first-order chi connectivity index (χ1) is 16.5. The van der Waals surface area contributed by atoms with Gasteiger partial charge in [-0.3, -0.25) is 9.69 Å². The Balaban J connectivity index is 1.49. The highest BCUT2D eigenvalue weighted by molar-refractivity contribution is 9.10. The highest BCUT2D eigenvalue weighted by Gasteiger charge is 2.34. The number of amides is 1. The van der Waals surface area contributed by atoms with Crippen LogP contribution in [-0.4, -0.2) is 33.8 Å². The zero-order valence-corrected chi connectivity index (χ0v) is 20.0. The number of thioether (sulfide) groups is 1. The van der Waals surface area contributed by atoms with Crippen LogP contribution in [0, 0.1) is 0 Å². The van der Waals surface area contributed by atoms with Gasteiger partial charge in [0.1, 0.15) is 0 Å². The Morgan fingerprint density at radius 2 is 1.79 bits per heavy atom. The van der Waals surface area contributed by atoms with E-state index in [1.807, 2.05) is 42.5 Å². The van der Waals surface area contributed by atoms with Crippen molar-refractivity contribution in [3.63, 3.8) is 0 Å². The van der Waals surface area contributed by atoms with E-state index >= 15 is 0 Å². The second-order valence-electron chi connectivity index (χ2n) is 7.46. The van der Waals surface area contributed by atoms with E-state index in [-0.39, 0.29) is 24.8 Å². The normalized spacial score (nSPS) is 17.1. The smallest absolute Gasteiger partial charge is 0.335 e. The Bertz CT molecular complexity index is 1340. The predicted octanol–water partition coefficient (Wildman–Crippen LogP) is 5.68. The monoisotopic (exact) mass is 536 g/mol. The van der Waals surface area contributed by atoms with Gasteiger partial charge in [0.05, 0.1) is 22.7 Å². The zero-order chi connectivity index (χ0) is 23.7. The zero-order valence-electron chi connectivity index (χ0n) is 17.6. The molecule has 1 N–H and O–H groups in total. The highest BCUT2D eigenvalue weighted by atomic mass is 79.9. The lowest BCUT2D eigenvalue weighted by Gasteiger charge is -2.16. The third kappa shape index (κ3) is 4.57. The number of hydrogen-bond donors (Lipinski definition) is 1. The molecule has 2 aliphatic heterocycles. The average molecular weight is 537 g/mol. The van der Waals surface area contributed by atoms with Crippen LogP contribution >= 0.6 is 27.7 Å². The van der Waals surface area contributed by atoms with Gasteiger partial charge in [-0.05, 0) is 65.4 Å². The second-order valence-corrected chi connectivity index (χ2v) is 9.32. The molecule has 3 aromatic carbocycles. The molecule has 0 aliphatic carbocycles. The molecule has 1 amide bonds. The molecular weight excluding hydrogens is 520 g/mol. The Morgan fingerprint density at radius 1 is 1.09 bits per heavy atom. The summed E-state index contributed by atoms with van der Waals surface area (Å²) in [4.78, 5) is 31.4. The molecule has 0 bridgehead atoms. The van der Waals surface area contributed by atoms with E-state index in [1.54, 1.807) is 23.1 Å². The van der Waals surface area contributed by atoms with Gasteiger partial charge in [-0.1, -0.05) is 46.3 Å². The van der Waals surface area contributed by atoms with Gasteiger partial charge in [-0.2, -0.15) is 0 Å². The highest BCUT2D eigenvalue weighted by Crippen LogP contribution is 2.40. The first-order valence-electron chi connectivity index (χ1n) is 10.2. The fourth-order valence-electron chi connectivity index (χ4n) is 3.46. The molecule has 3 aromatic rings. The van der Waals surface area contributed by atoms with Crippen molar-refractivity contribution in [3.05, 3.63) is 92.8 Å². The minimum absolute atomic E-state index is 0.164. The van der Waals surface area contributed by atoms with E-state index in [0.29, 0.717) is 21.6 Å². The average Bonchev–Trinajstić information content (AvgIpc) is 3.40. The molecule has 170 valence electrons. The molecule has 9 heteroatoms. The SMILES string of the molecule is O=C(O)c1ccc(CN2C(=O)/C(=C\c3cc4c(cc3Br)OCO4)SC2=Nc2ccccc2)cc1. The molecule has 0 radical (unpaired) electrons. The molecule has 34 heavy (non-hydrogen) atoms. The van der Waals surface area contributed by atoms with E-state index in [0.717, 1.165) is 21.3 Å². The first-order valence-corrected chi connectivity index (χ1v) is 11.9. The standard InChI is InChI=1S/C25H17BrN2O5S/c26-19-12-21-20(32-14-33-21)10-17(19)11-22-23(29)28(13-15-6-8-16(9-7-15)24(30)31)25(34-22)27-18-4-2-1-3-5-18/h1-12H,13-14H2,(H,30,31)/b22-11+,27-25?. The van der Waals surface area contributed by atoms with E-state index in [9.17, 15) is 9.59 Å². The quantitative estimate of drug-likeness (QED) is 0.422. The van der Waals surface area contributed by atoms with Gasteiger partial charge >= 0.3 is 5.97 Å². The maximum Gasteiger partial charge on any atom is 0.335 e. The Hall–Kier alpha value is -3.56. The predicted molar refractivity (Wildman–Crippen MR) is 133 cm³/mol. The number of fused-ring (bicyclic) bond motifs is 1. The number of para-hydroxylation sites is 1. The van der Waals surface area contributed by atoms with Crippen LogP contribution in [0.1, 0.15) is 21.5 Å². The number of benzene rings is 3. The van der Waals surface area contributed by atoms with Crippen molar-refractivity contribution >= 4 is 56.5 Å². The van der Waals surface area contributed by atoms with Gasteiger partial charge in [0.2, 0.25) is 6.79 Å². The molecule has 0 spiro atoms. The number of hydrogen-bond acceptors (Lipinski definition) is 6. The first kappa shape index (κ1) is 22.2. The van der Waals surface area contributed by atoms with Crippen LogP contribution in [0.5, 0.6) is 11.5 Å². The van der Waals surface area contributed by atoms with Crippen molar-refractivity contribution < 1.29 is 24.2 Å². The lowest BCUT2D eigenvalue weighted by molar-refractivity contribution is -0.122. The summed E-state index contributed by atoms with van der Waals surface area (Å²) in [5, 5.41) is 9.69. The minimum atomic E-state index is -0.995. The summed E-state index contributed by atoms with van der Waals surface area (Å²) in [5.41, 5.74) is 2.50. The summed E-state index contributed by atoms with van der Waals surface area (Å²) in [5.74, 6) is 0.0907. The lowest BCUT2D eigenvalue weighted by atomic mass is 10.1. The van der Waals surface area contributed by atoms with Crippen molar-refractivity contribution in [2.24, 2.45) is 4.99 Å². The third-order valence-corrected chi connectivity index (χ3v) is 6.88. The van der Waals surface area contributed by atoms with Crippen molar-refractivity contribution in [1.82, 2.24) is 4.90 Å². The molecule has 0 saturated carbocycles. The van der Waals surface area contributed by atoms with Crippen LogP contribution in [0.3, 0.4) is 0 Å². The van der Waals surface area contributed by atoms with Gasteiger partial charge in [0, 0.05) is 4.47 Å². The van der Waals surface area contributed by atoms with Crippen molar-refractivity contribution in [1.29, 1.82) is 0 Å². The number of carboxylic acid groups (broad SMARTS) is 1. The molecule has 1 saturated heterocycles. The number of aliphatic imine (C=N–C) groups is 1. The number of halogens is 1. The number of carboxylic acids is 1. The van der Waals surface area contributed by atoms with Crippen molar-refractivity contribution in [3.8, 4) is 11.5 Å². The summed E-state index contributed by atoms with van der Waals surface area (Å²) in [6.45, 7) is 0.425. The fourth-order valence-corrected chi connectivity index (χ4v) is 4.89. The largest absolute Gasteiger partial charge is 0.478 e. The van der Waals surface area contributed by atoms with Gasteiger partial charge in [-0.25, -0.2) is 9.79 Å². The molecular formula is C25H17BrN2O5S. The lowest BCUT2D eigenvalue weighted by Crippen LogP contribution is -2.28. The molecule has 0 atom stereocenters. The van der Waals surface area contributed by atoms with Gasteiger partial charge < -0.3 is 14.6 Å². The summed E-state index contributed by atoms with van der Waals surface area (Å²) in [6.07, 6.45) is 1.80. The van der Waals surface area contributed by atoms with Crippen LogP contribution in [0.2, 0.25) is 0 Å². The summed E-state index contributed by atoms with van der Waals surface area (Å²) >= 11 is 4.83. The van der Waals surface area contributed by atoms with Crippen LogP contribution in [0.25, 0.3) is 6.08 Å². The molecule has 7 nitrogen and oxygen atoms in total. The molecule has 5 rings (SSSR count). The maximum absolute atomic E-state index is 13.4. The van der Waals surface area contributed by atoms with Crippen molar-refractivity contribution in [2.75, 3.05) is 6.79 Å². The number of amidine groups is 1. The summed E-state index contributed by atoms with van der Waals surface area (Å²) < 4.78 is 11.7. The van der Waals surface area contributed by atoms with Gasteiger partial charge in [0.25, 0.3) is 5.91 Å². The van der Waals surface area contributed by atoms with Gasteiger partial charge in [0.15, 0.2) is 16.7 Å². The summed E-state index contributed by atoms with van der Waals surface area (Å²) in [7, 11) is 0. The van der Waals surface area contributed by atoms with Crippen LogP contribution in [-0.2, 0) is 11.3 Å². The van der Waals surface area contributed by atoms with E-state index in [4.69, 9.17) is 19.6 Å². The van der Waals surface area contributed by atoms with Crippen LogP contribution < -0.4 is 9.47 Å². The topological polar surface area (TPSA) is 88.4 Å². The third-order valence-electron chi connectivity index (χ3n) is 5.19. The Labute approximate surface area is 207 Å². The Morgan fingerprint density at radius 3 is 2.50 bits per heavy atom. The molecule has 2 heterocycles. The number of rotatable bonds is 5. The van der Waals surface area contributed by atoms with Crippen LogP contribution in [0.15, 0.2) is 81.1 Å². The van der Waals surface area contributed by atoms with E-state index in [2.05, 4.69) is 15.9 Å². The molecule has 1 fully saturated rings. The number of nitrogens with zero attached hydrogens (tertiary/aromatic N) is 2. The second kappa shape index (κ2) is 9.36. The molecule has 0 aromatic heterocycles.